The first-order valence-electron chi connectivity index (χ1n) is 5.18. The van der Waals surface area contributed by atoms with Gasteiger partial charge in [-0.25, -0.2) is 13.9 Å². The van der Waals surface area contributed by atoms with E-state index in [-0.39, 0.29) is 5.82 Å². The highest BCUT2D eigenvalue weighted by atomic mass is 19.1. The molecular weight excluding hydrogens is 223 g/mol. The average Bonchev–Trinajstić information content (AvgIpc) is 2.80. The van der Waals surface area contributed by atoms with Crippen molar-refractivity contribution in [2.24, 2.45) is 0 Å². The lowest BCUT2D eigenvalue weighted by molar-refractivity contribution is 0.0526. The summed E-state index contributed by atoms with van der Waals surface area (Å²) in [6.07, 6.45) is 2.96. The molecule has 2 rings (SSSR count). The molecule has 0 unspecified atom stereocenters. The summed E-state index contributed by atoms with van der Waals surface area (Å²) in [4.78, 5) is 11.4. The molecule has 0 radical (unpaired) electrons. The first kappa shape index (κ1) is 11.3. The average molecular weight is 234 g/mol. The summed E-state index contributed by atoms with van der Waals surface area (Å²) in [6.45, 7) is 2.06. The Hall–Kier alpha value is -2.17. The van der Waals surface area contributed by atoms with Crippen molar-refractivity contribution in [1.29, 1.82) is 0 Å². The Morgan fingerprint density at radius 1 is 1.41 bits per heavy atom. The van der Waals surface area contributed by atoms with Crippen molar-refractivity contribution in [3.8, 4) is 5.69 Å². The van der Waals surface area contributed by atoms with Crippen molar-refractivity contribution in [2.75, 3.05) is 6.61 Å². The number of ether oxygens (including phenoxy) is 1. The Morgan fingerprint density at radius 2 is 2.12 bits per heavy atom. The quantitative estimate of drug-likeness (QED) is 0.764. The molecule has 0 bridgehead atoms. The maximum Gasteiger partial charge on any atom is 0.341 e. The summed E-state index contributed by atoms with van der Waals surface area (Å²) < 4.78 is 19.1. The van der Waals surface area contributed by atoms with E-state index in [0.717, 1.165) is 0 Å². The van der Waals surface area contributed by atoms with Gasteiger partial charge >= 0.3 is 5.97 Å². The van der Waals surface area contributed by atoms with Crippen LogP contribution in [0.1, 0.15) is 17.3 Å². The van der Waals surface area contributed by atoms with Crippen molar-refractivity contribution in [2.45, 2.75) is 6.92 Å². The fourth-order valence-corrected chi connectivity index (χ4v) is 1.38. The van der Waals surface area contributed by atoms with Crippen molar-refractivity contribution >= 4 is 5.97 Å². The van der Waals surface area contributed by atoms with E-state index < -0.39 is 5.97 Å². The highest BCUT2D eigenvalue weighted by Crippen LogP contribution is 2.10. The van der Waals surface area contributed by atoms with Gasteiger partial charge in [-0.1, -0.05) is 0 Å². The molecule has 0 spiro atoms. The van der Waals surface area contributed by atoms with Crippen molar-refractivity contribution in [1.82, 2.24) is 9.78 Å². The Bertz CT molecular complexity index is 520. The smallest absolute Gasteiger partial charge is 0.341 e. The zero-order valence-electron chi connectivity index (χ0n) is 9.26. The number of benzene rings is 1. The molecule has 0 aliphatic rings. The lowest BCUT2D eigenvalue weighted by Crippen LogP contribution is -2.03. The number of halogens is 1. The molecule has 88 valence electrons. The predicted molar refractivity (Wildman–Crippen MR) is 59.5 cm³/mol. The summed E-state index contributed by atoms with van der Waals surface area (Å²) in [5, 5.41) is 4.01. The molecule has 0 fully saturated rings. The number of carbonyl (C=O) groups is 1. The van der Waals surface area contributed by atoms with Gasteiger partial charge in [-0.15, -0.1) is 0 Å². The van der Waals surface area contributed by atoms with Crippen LogP contribution in [-0.2, 0) is 4.74 Å². The third-order valence-corrected chi connectivity index (χ3v) is 2.18. The van der Waals surface area contributed by atoms with Crippen LogP contribution in [0.3, 0.4) is 0 Å². The van der Waals surface area contributed by atoms with Crippen LogP contribution in [0, 0.1) is 5.82 Å². The number of hydrogen-bond acceptors (Lipinski definition) is 3. The normalized spacial score (nSPS) is 10.2. The second-order valence-electron chi connectivity index (χ2n) is 3.37. The van der Waals surface area contributed by atoms with Crippen LogP contribution >= 0.6 is 0 Å². The first-order chi connectivity index (χ1) is 8.20. The second-order valence-corrected chi connectivity index (χ2v) is 3.37. The SMILES string of the molecule is CCOC(=O)c1cnn(-c2ccc(F)cc2)c1. The summed E-state index contributed by atoms with van der Waals surface area (Å²) in [6, 6.07) is 5.83. The van der Waals surface area contributed by atoms with Gasteiger partial charge in [-0.05, 0) is 31.2 Å². The number of hydrogen-bond donors (Lipinski definition) is 0. The molecule has 1 heterocycles. The lowest BCUT2D eigenvalue weighted by Gasteiger charge is -2.00. The third-order valence-electron chi connectivity index (χ3n) is 2.18. The maximum absolute atomic E-state index is 12.7. The lowest BCUT2D eigenvalue weighted by atomic mass is 10.3. The van der Waals surface area contributed by atoms with Gasteiger partial charge in [0.2, 0.25) is 0 Å². The summed E-state index contributed by atoms with van der Waals surface area (Å²) in [7, 11) is 0. The van der Waals surface area contributed by atoms with Gasteiger partial charge < -0.3 is 4.74 Å². The van der Waals surface area contributed by atoms with Gasteiger partial charge in [-0.3, -0.25) is 0 Å². The van der Waals surface area contributed by atoms with E-state index in [1.165, 1.54) is 23.0 Å². The van der Waals surface area contributed by atoms with Crippen LogP contribution in [-0.4, -0.2) is 22.4 Å². The zero-order valence-corrected chi connectivity index (χ0v) is 9.26. The fraction of sp³-hybridized carbons (Fsp3) is 0.167. The van der Waals surface area contributed by atoms with Gasteiger partial charge in [0.1, 0.15) is 5.82 Å². The number of aromatic nitrogens is 2. The van der Waals surface area contributed by atoms with Gasteiger partial charge in [0.15, 0.2) is 0 Å². The molecule has 1 aromatic heterocycles. The van der Waals surface area contributed by atoms with E-state index in [4.69, 9.17) is 4.74 Å². The van der Waals surface area contributed by atoms with Crippen LogP contribution in [0.25, 0.3) is 5.69 Å². The minimum Gasteiger partial charge on any atom is -0.462 e. The van der Waals surface area contributed by atoms with Crippen LogP contribution < -0.4 is 0 Å². The molecule has 4 nitrogen and oxygen atoms in total. The second kappa shape index (κ2) is 4.78. The van der Waals surface area contributed by atoms with E-state index >= 15 is 0 Å². The Labute approximate surface area is 97.6 Å². The highest BCUT2D eigenvalue weighted by molar-refractivity contribution is 5.88. The van der Waals surface area contributed by atoms with E-state index in [9.17, 15) is 9.18 Å². The van der Waals surface area contributed by atoms with E-state index in [2.05, 4.69) is 5.10 Å². The molecule has 0 saturated heterocycles. The molecule has 0 aliphatic carbocycles. The Balaban J connectivity index is 2.23. The van der Waals surface area contributed by atoms with Crippen LogP contribution in [0.15, 0.2) is 36.7 Å². The minimum atomic E-state index is -0.416. The maximum atomic E-state index is 12.7. The third kappa shape index (κ3) is 2.50. The topological polar surface area (TPSA) is 44.1 Å². The van der Waals surface area contributed by atoms with E-state index in [1.54, 1.807) is 25.3 Å². The predicted octanol–water partition coefficient (Wildman–Crippen LogP) is 2.19. The molecule has 0 N–H and O–H groups in total. The molecule has 0 aliphatic heterocycles. The van der Waals surface area contributed by atoms with E-state index in [1.807, 2.05) is 0 Å². The minimum absolute atomic E-state index is 0.313. The zero-order chi connectivity index (χ0) is 12.3. The number of carbonyl (C=O) groups excluding carboxylic acids is 1. The number of nitrogens with zero attached hydrogens (tertiary/aromatic N) is 2. The van der Waals surface area contributed by atoms with Crippen LogP contribution in [0.4, 0.5) is 4.39 Å². The molecular formula is C12H11FN2O2. The molecule has 1 aromatic carbocycles. The molecule has 0 atom stereocenters. The van der Waals surface area contributed by atoms with Gasteiger partial charge in [0.05, 0.1) is 24.1 Å². The van der Waals surface area contributed by atoms with Gasteiger partial charge in [0, 0.05) is 6.20 Å². The monoisotopic (exact) mass is 234 g/mol. The molecule has 5 heteroatoms. The summed E-state index contributed by atoms with van der Waals surface area (Å²) in [5.74, 6) is -0.729. The van der Waals surface area contributed by atoms with Crippen molar-refractivity contribution in [3.63, 3.8) is 0 Å². The van der Waals surface area contributed by atoms with Crippen molar-refractivity contribution in [3.05, 3.63) is 48.0 Å². The Kier molecular flexibility index (Phi) is 3.18. The molecule has 0 amide bonds. The van der Waals surface area contributed by atoms with Gasteiger partial charge in [-0.2, -0.15) is 5.10 Å². The molecule has 0 saturated carbocycles. The first-order valence-corrected chi connectivity index (χ1v) is 5.18. The largest absolute Gasteiger partial charge is 0.462 e. The standard InChI is InChI=1S/C12H11FN2O2/c1-2-17-12(16)9-7-14-15(8-9)11-5-3-10(13)4-6-11/h3-8H,2H2,1H3. The highest BCUT2D eigenvalue weighted by Gasteiger charge is 2.09. The summed E-state index contributed by atoms with van der Waals surface area (Å²) >= 11 is 0. The fourth-order valence-electron chi connectivity index (χ4n) is 1.38. The number of esters is 1. The number of rotatable bonds is 3. The molecule has 17 heavy (non-hydrogen) atoms. The molecule has 2 aromatic rings. The van der Waals surface area contributed by atoms with E-state index in [0.29, 0.717) is 17.9 Å². The van der Waals surface area contributed by atoms with Gasteiger partial charge in [0.25, 0.3) is 0 Å². The summed E-state index contributed by atoms with van der Waals surface area (Å²) in [5.41, 5.74) is 1.05. The van der Waals surface area contributed by atoms with Crippen molar-refractivity contribution < 1.29 is 13.9 Å². The van der Waals surface area contributed by atoms with Crippen LogP contribution in [0.2, 0.25) is 0 Å². The van der Waals surface area contributed by atoms with Crippen LogP contribution in [0.5, 0.6) is 0 Å². The Morgan fingerprint density at radius 3 is 2.76 bits per heavy atom.